The van der Waals surface area contributed by atoms with Crippen molar-refractivity contribution in [1.82, 2.24) is 5.32 Å². The Balaban J connectivity index is 1.31. The molecule has 5 N–H and O–H groups in total. The lowest BCUT2D eigenvalue weighted by Gasteiger charge is -2.71. The highest BCUT2D eigenvalue weighted by Crippen LogP contribution is 2.75. The highest BCUT2D eigenvalue weighted by molar-refractivity contribution is 5.21. The van der Waals surface area contributed by atoms with Gasteiger partial charge in [-0.3, -0.25) is 0 Å². The van der Waals surface area contributed by atoms with Gasteiger partial charge < -0.3 is 25.7 Å². The molecule has 1 aromatic rings. The Morgan fingerprint density at radius 1 is 0.925 bits per heavy atom. The third-order valence-corrected chi connectivity index (χ3v) is 13.7. The zero-order chi connectivity index (χ0) is 29.3. The van der Waals surface area contributed by atoms with Crippen molar-refractivity contribution in [3.8, 4) is 0 Å². The maximum atomic E-state index is 11.9. The van der Waals surface area contributed by atoms with Gasteiger partial charge in [0.1, 0.15) is 0 Å². The Hall–Kier alpha value is -0.980. The predicted octanol–water partition coefficient (Wildman–Crippen LogP) is 5.86. The number of aliphatic hydroxyl groups excluding tert-OH is 3. The fraction of sp³-hybridized carbons (Fsp3) is 0.829. The Morgan fingerprint density at radius 3 is 2.25 bits per heavy atom. The maximum absolute atomic E-state index is 11.9. The molecule has 226 valence electrons. The van der Waals surface area contributed by atoms with Crippen molar-refractivity contribution in [2.45, 2.75) is 130 Å². The van der Waals surface area contributed by atoms with E-state index in [0.29, 0.717) is 12.3 Å². The molecule has 4 fully saturated rings. The van der Waals surface area contributed by atoms with Crippen LogP contribution in [0.15, 0.2) is 30.3 Å². The molecule has 40 heavy (non-hydrogen) atoms. The van der Waals surface area contributed by atoms with Crippen LogP contribution >= 0.6 is 0 Å². The summed E-state index contributed by atoms with van der Waals surface area (Å²) < 4.78 is 0. The van der Waals surface area contributed by atoms with E-state index in [1.54, 1.807) is 0 Å². The standard InChI is InChI=1S/C35H57NO4/c1-22(23-12-9-8-10-13-23)36-19-11-16-35(7,40)24-14-17-34(6)29(24)25(37)20-28-32(4)21-26(38)30(39)31(2,3)27(32)15-18-33(28,34)5/h8-10,12-13,22,24-30,36-40H,11,14-21H2,1-7H3/t22-,24-,25+,26+,27-,28+,29-,30-,32-,33+,34+,35-/m0/s1. The Kier molecular flexibility index (Phi) is 7.87. The van der Waals surface area contributed by atoms with Gasteiger partial charge >= 0.3 is 0 Å². The van der Waals surface area contributed by atoms with Gasteiger partial charge in [0.05, 0.1) is 23.9 Å². The number of hydrogen-bond donors (Lipinski definition) is 5. The van der Waals surface area contributed by atoms with Crippen molar-refractivity contribution in [3.05, 3.63) is 35.9 Å². The number of fused-ring (bicyclic) bond motifs is 5. The molecule has 0 spiro atoms. The van der Waals surface area contributed by atoms with Crippen LogP contribution in [-0.2, 0) is 0 Å². The number of hydrogen-bond acceptors (Lipinski definition) is 5. The lowest BCUT2D eigenvalue weighted by molar-refractivity contribution is -0.263. The summed E-state index contributed by atoms with van der Waals surface area (Å²) >= 11 is 0. The van der Waals surface area contributed by atoms with E-state index in [1.165, 1.54) is 5.56 Å². The molecule has 4 aliphatic carbocycles. The second kappa shape index (κ2) is 10.3. The van der Waals surface area contributed by atoms with E-state index in [1.807, 2.05) is 13.0 Å². The summed E-state index contributed by atoms with van der Waals surface area (Å²) in [5, 5.41) is 49.4. The number of rotatable bonds is 7. The molecule has 0 radical (unpaired) electrons. The van der Waals surface area contributed by atoms with Crippen molar-refractivity contribution >= 4 is 0 Å². The molecule has 0 unspecified atom stereocenters. The van der Waals surface area contributed by atoms with E-state index in [2.05, 4.69) is 71.1 Å². The van der Waals surface area contributed by atoms with E-state index >= 15 is 0 Å². The zero-order valence-electron chi connectivity index (χ0n) is 26.2. The van der Waals surface area contributed by atoms with Crippen molar-refractivity contribution in [3.63, 3.8) is 0 Å². The van der Waals surface area contributed by atoms with Crippen LogP contribution in [0.25, 0.3) is 0 Å². The van der Waals surface area contributed by atoms with Gasteiger partial charge in [-0.1, -0.05) is 65.0 Å². The zero-order valence-corrected chi connectivity index (χ0v) is 26.2. The summed E-state index contributed by atoms with van der Waals surface area (Å²) in [5.74, 6) is 0.753. The highest BCUT2D eigenvalue weighted by atomic mass is 16.3. The second-order valence-corrected chi connectivity index (χ2v) is 16.0. The molecular formula is C35H57NO4. The molecule has 0 aliphatic heterocycles. The van der Waals surface area contributed by atoms with E-state index in [4.69, 9.17) is 0 Å². The minimum Gasteiger partial charge on any atom is -0.393 e. The Labute approximate surface area is 243 Å². The van der Waals surface area contributed by atoms with Gasteiger partial charge in [-0.05, 0) is 123 Å². The summed E-state index contributed by atoms with van der Waals surface area (Å²) in [6.07, 6.45) is 5.18. The molecule has 0 amide bonds. The van der Waals surface area contributed by atoms with E-state index in [-0.39, 0.29) is 45.5 Å². The molecule has 12 atom stereocenters. The van der Waals surface area contributed by atoms with Crippen LogP contribution in [0.2, 0.25) is 0 Å². The summed E-state index contributed by atoms with van der Waals surface area (Å²) in [6, 6.07) is 10.8. The summed E-state index contributed by atoms with van der Waals surface area (Å²) in [4.78, 5) is 0. The van der Waals surface area contributed by atoms with E-state index in [0.717, 1.165) is 51.5 Å². The predicted molar refractivity (Wildman–Crippen MR) is 161 cm³/mol. The molecule has 0 saturated heterocycles. The first kappa shape index (κ1) is 30.5. The van der Waals surface area contributed by atoms with E-state index < -0.39 is 23.9 Å². The molecule has 0 bridgehead atoms. The fourth-order valence-corrected chi connectivity index (χ4v) is 11.4. The first-order chi connectivity index (χ1) is 18.6. The number of nitrogens with one attached hydrogen (secondary N) is 1. The van der Waals surface area contributed by atoms with Crippen LogP contribution in [0.3, 0.4) is 0 Å². The summed E-state index contributed by atoms with van der Waals surface area (Å²) in [5.41, 5.74) is -0.0731. The first-order valence-electron chi connectivity index (χ1n) is 16.1. The minimum absolute atomic E-state index is 0.0255. The van der Waals surface area contributed by atoms with Gasteiger partial charge in [0, 0.05) is 6.04 Å². The van der Waals surface area contributed by atoms with Crippen molar-refractivity contribution in [2.24, 2.45) is 45.3 Å². The van der Waals surface area contributed by atoms with Gasteiger partial charge in [0.25, 0.3) is 0 Å². The van der Waals surface area contributed by atoms with Crippen LogP contribution in [0.4, 0.5) is 0 Å². The number of aliphatic hydroxyl groups is 4. The Morgan fingerprint density at radius 2 is 1.57 bits per heavy atom. The monoisotopic (exact) mass is 555 g/mol. The lowest BCUT2D eigenvalue weighted by atomic mass is 9.35. The molecule has 5 rings (SSSR count). The van der Waals surface area contributed by atoms with Crippen LogP contribution in [0.1, 0.15) is 111 Å². The average molecular weight is 556 g/mol. The quantitative estimate of drug-likeness (QED) is 0.272. The van der Waals surface area contributed by atoms with Crippen LogP contribution in [0.5, 0.6) is 0 Å². The third kappa shape index (κ3) is 4.53. The molecule has 1 aromatic carbocycles. The molecule has 0 heterocycles. The summed E-state index contributed by atoms with van der Waals surface area (Å²) in [7, 11) is 0. The third-order valence-electron chi connectivity index (χ3n) is 13.7. The smallest absolute Gasteiger partial charge is 0.0852 e. The maximum Gasteiger partial charge on any atom is 0.0852 e. The molecule has 4 saturated carbocycles. The average Bonchev–Trinajstić information content (AvgIpc) is 3.28. The van der Waals surface area contributed by atoms with Crippen molar-refractivity contribution < 1.29 is 20.4 Å². The minimum atomic E-state index is -0.821. The largest absolute Gasteiger partial charge is 0.393 e. The van der Waals surface area contributed by atoms with Crippen molar-refractivity contribution in [2.75, 3.05) is 6.54 Å². The molecule has 5 nitrogen and oxygen atoms in total. The van der Waals surface area contributed by atoms with Gasteiger partial charge in [-0.15, -0.1) is 0 Å². The normalized spacial score (nSPS) is 46.5. The first-order valence-corrected chi connectivity index (χ1v) is 16.1. The molecule has 5 heteroatoms. The molecule has 4 aliphatic rings. The topological polar surface area (TPSA) is 93.0 Å². The van der Waals surface area contributed by atoms with Gasteiger partial charge in [0.15, 0.2) is 0 Å². The van der Waals surface area contributed by atoms with Crippen LogP contribution in [-0.4, -0.2) is 50.9 Å². The molecule has 0 aromatic heterocycles. The van der Waals surface area contributed by atoms with Crippen molar-refractivity contribution in [1.29, 1.82) is 0 Å². The second-order valence-electron chi connectivity index (χ2n) is 16.0. The van der Waals surface area contributed by atoms with Crippen LogP contribution < -0.4 is 5.32 Å². The van der Waals surface area contributed by atoms with Gasteiger partial charge in [-0.2, -0.15) is 0 Å². The molecular weight excluding hydrogens is 498 g/mol. The Bertz CT molecular complexity index is 1040. The lowest BCUT2D eigenvalue weighted by Crippen LogP contribution is -2.68. The SMILES string of the molecule is C[C@H](NCCC[C@](C)(O)[C@H]1CC[C@]2(C)[C@@H]1[C@H](O)C[C@@H]1[C@@]3(C)C[C@@H](O)[C@H](O)C(C)(C)[C@@H]3CC[C@]12C)c1ccccc1. The highest BCUT2D eigenvalue weighted by Gasteiger charge is 2.72. The van der Waals surface area contributed by atoms with E-state index in [9.17, 15) is 20.4 Å². The van der Waals surface area contributed by atoms with Crippen LogP contribution in [0, 0.1) is 45.3 Å². The van der Waals surface area contributed by atoms with Gasteiger partial charge in [-0.25, -0.2) is 0 Å². The van der Waals surface area contributed by atoms with Gasteiger partial charge in [0.2, 0.25) is 0 Å². The number of benzene rings is 1. The fourth-order valence-electron chi connectivity index (χ4n) is 11.4. The summed E-state index contributed by atoms with van der Waals surface area (Å²) in [6.45, 7) is 16.6.